The van der Waals surface area contributed by atoms with Gasteiger partial charge in [-0.25, -0.2) is 8.42 Å². The van der Waals surface area contributed by atoms with Crippen molar-refractivity contribution in [2.24, 2.45) is 5.92 Å². The SMILES string of the molecule is CN(Cc1cccc(C(=O)NCC2CCCCC2)c1)S(=O)(=O)c1ccc2ccccc2c1. The molecule has 4 rings (SSSR count). The van der Waals surface area contributed by atoms with Crippen LogP contribution in [0.5, 0.6) is 0 Å². The topological polar surface area (TPSA) is 66.5 Å². The quantitative estimate of drug-likeness (QED) is 0.553. The summed E-state index contributed by atoms with van der Waals surface area (Å²) in [5.41, 5.74) is 1.34. The van der Waals surface area contributed by atoms with Gasteiger partial charge < -0.3 is 5.32 Å². The Balaban J connectivity index is 1.44. The van der Waals surface area contributed by atoms with Gasteiger partial charge in [-0.05, 0) is 59.4 Å². The minimum Gasteiger partial charge on any atom is -0.352 e. The van der Waals surface area contributed by atoms with E-state index in [1.165, 1.54) is 36.4 Å². The maximum absolute atomic E-state index is 13.1. The second kappa shape index (κ2) is 9.84. The van der Waals surface area contributed by atoms with E-state index in [0.717, 1.165) is 16.3 Å². The van der Waals surface area contributed by atoms with Crippen molar-refractivity contribution < 1.29 is 13.2 Å². The van der Waals surface area contributed by atoms with E-state index in [-0.39, 0.29) is 17.3 Å². The third kappa shape index (κ3) is 5.19. The first kappa shape index (κ1) is 22.5. The molecule has 0 spiro atoms. The van der Waals surface area contributed by atoms with Gasteiger partial charge in [-0.1, -0.05) is 61.7 Å². The molecular weight excluding hydrogens is 420 g/mol. The molecule has 1 saturated carbocycles. The van der Waals surface area contributed by atoms with Crippen LogP contribution in [0, 0.1) is 5.92 Å². The number of fused-ring (bicyclic) bond motifs is 1. The molecule has 0 heterocycles. The number of carbonyl (C=O) groups is 1. The minimum atomic E-state index is -3.65. The van der Waals surface area contributed by atoms with Gasteiger partial charge in [-0.2, -0.15) is 4.31 Å². The fraction of sp³-hybridized carbons (Fsp3) is 0.346. The van der Waals surface area contributed by atoms with E-state index in [1.54, 1.807) is 37.4 Å². The fourth-order valence-electron chi connectivity index (χ4n) is 4.39. The van der Waals surface area contributed by atoms with Gasteiger partial charge in [0.2, 0.25) is 10.0 Å². The summed E-state index contributed by atoms with van der Waals surface area (Å²) in [4.78, 5) is 12.9. The molecule has 0 aromatic heterocycles. The molecule has 0 saturated heterocycles. The number of benzene rings is 3. The maximum atomic E-state index is 13.1. The van der Waals surface area contributed by atoms with Crippen molar-refractivity contribution in [2.45, 2.75) is 43.5 Å². The lowest BCUT2D eigenvalue weighted by atomic mass is 9.89. The minimum absolute atomic E-state index is 0.0996. The van der Waals surface area contributed by atoms with Crippen LogP contribution in [0.3, 0.4) is 0 Å². The second-order valence-electron chi connectivity index (χ2n) is 8.68. The van der Waals surface area contributed by atoms with Crippen LogP contribution in [-0.2, 0) is 16.6 Å². The Kier molecular flexibility index (Phi) is 6.92. The summed E-state index contributed by atoms with van der Waals surface area (Å²) in [5.74, 6) is 0.464. The lowest BCUT2D eigenvalue weighted by Crippen LogP contribution is -2.30. The van der Waals surface area contributed by atoms with E-state index in [4.69, 9.17) is 0 Å². The number of sulfonamides is 1. The average molecular weight is 451 g/mol. The number of nitrogens with zero attached hydrogens (tertiary/aromatic N) is 1. The first-order valence-electron chi connectivity index (χ1n) is 11.3. The summed E-state index contributed by atoms with van der Waals surface area (Å²) in [6.07, 6.45) is 6.14. The molecule has 3 aromatic rings. The van der Waals surface area contributed by atoms with Crippen LogP contribution < -0.4 is 5.32 Å². The Morgan fingerprint density at radius 2 is 1.69 bits per heavy atom. The Morgan fingerprint density at radius 1 is 0.938 bits per heavy atom. The zero-order valence-corrected chi connectivity index (χ0v) is 19.3. The van der Waals surface area contributed by atoms with E-state index in [9.17, 15) is 13.2 Å². The smallest absolute Gasteiger partial charge is 0.251 e. The molecule has 0 bridgehead atoms. The van der Waals surface area contributed by atoms with Crippen molar-refractivity contribution >= 4 is 26.7 Å². The first-order chi connectivity index (χ1) is 15.4. The summed E-state index contributed by atoms with van der Waals surface area (Å²) >= 11 is 0. The highest BCUT2D eigenvalue weighted by molar-refractivity contribution is 7.89. The second-order valence-corrected chi connectivity index (χ2v) is 10.7. The van der Waals surface area contributed by atoms with Gasteiger partial charge in [0.1, 0.15) is 0 Å². The molecule has 1 aliphatic rings. The summed E-state index contributed by atoms with van der Waals surface area (Å²) in [5, 5.41) is 4.94. The van der Waals surface area contributed by atoms with E-state index in [1.807, 2.05) is 36.4 Å². The lowest BCUT2D eigenvalue weighted by molar-refractivity contribution is 0.0943. The summed E-state index contributed by atoms with van der Waals surface area (Å²) in [6.45, 7) is 0.901. The van der Waals surface area contributed by atoms with E-state index < -0.39 is 10.0 Å². The molecule has 1 fully saturated rings. The van der Waals surface area contributed by atoms with Crippen LogP contribution in [-0.4, -0.2) is 32.2 Å². The molecule has 32 heavy (non-hydrogen) atoms. The van der Waals surface area contributed by atoms with E-state index >= 15 is 0 Å². The van der Waals surface area contributed by atoms with Crippen LogP contribution >= 0.6 is 0 Å². The van der Waals surface area contributed by atoms with E-state index in [0.29, 0.717) is 18.0 Å². The molecule has 1 aliphatic carbocycles. The molecule has 0 unspecified atom stereocenters. The number of rotatable bonds is 7. The standard InChI is InChI=1S/C26H30N2O3S/c1-28(32(30,31)25-15-14-22-11-5-6-12-23(22)17-25)19-21-10-7-13-24(16-21)26(29)27-18-20-8-3-2-4-9-20/h5-7,10-17,20H,2-4,8-9,18-19H2,1H3,(H,27,29). The van der Waals surface area contributed by atoms with Crippen LogP contribution in [0.4, 0.5) is 0 Å². The highest BCUT2D eigenvalue weighted by Gasteiger charge is 2.22. The van der Waals surface area contributed by atoms with Crippen molar-refractivity contribution in [1.29, 1.82) is 0 Å². The highest BCUT2D eigenvalue weighted by atomic mass is 32.2. The van der Waals surface area contributed by atoms with Crippen molar-refractivity contribution in [3.8, 4) is 0 Å². The monoisotopic (exact) mass is 450 g/mol. The molecule has 0 atom stereocenters. The van der Waals surface area contributed by atoms with Crippen molar-refractivity contribution in [2.75, 3.05) is 13.6 Å². The zero-order chi connectivity index (χ0) is 22.6. The molecule has 0 radical (unpaired) electrons. The molecule has 168 valence electrons. The molecule has 1 N–H and O–H groups in total. The van der Waals surface area contributed by atoms with Gasteiger partial charge in [0.25, 0.3) is 5.91 Å². The third-order valence-electron chi connectivity index (χ3n) is 6.30. The predicted molar refractivity (Wildman–Crippen MR) is 128 cm³/mol. The summed E-state index contributed by atoms with van der Waals surface area (Å²) < 4.78 is 27.6. The molecular formula is C26H30N2O3S. The van der Waals surface area contributed by atoms with E-state index in [2.05, 4.69) is 5.32 Å². The average Bonchev–Trinajstić information content (AvgIpc) is 2.83. The van der Waals surface area contributed by atoms with Crippen LogP contribution in [0.2, 0.25) is 0 Å². The zero-order valence-electron chi connectivity index (χ0n) is 18.5. The number of carbonyl (C=O) groups excluding carboxylic acids is 1. The Morgan fingerprint density at radius 3 is 2.47 bits per heavy atom. The third-order valence-corrected chi connectivity index (χ3v) is 8.10. The van der Waals surface area contributed by atoms with Crippen molar-refractivity contribution in [3.63, 3.8) is 0 Å². The van der Waals surface area contributed by atoms with Gasteiger partial charge >= 0.3 is 0 Å². The van der Waals surface area contributed by atoms with Crippen LogP contribution in [0.1, 0.15) is 48.0 Å². The molecule has 5 nitrogen and oxygen atoms in total. The fourth-order valence-corrected chi connectivity index (χ4v) is 5.59. The first-order valence-corrected chi connectivity index (χ1v) is 12.7. The summed E-state index contributed by atoms with van der Waals surface area (Å²) in [7, 11) is -2.08. The molecule has 3 aromatic carbocycles. The van der Waals surface area contributed by atoms with Gasteiger partial charge in [0.05, 0.1) is 4.90 Å². The Bertz CT molecular complexity index is 1200. The number of hydrogen-bond donors (Lipinski definition) is 1. The number of amides is 1. The Labute approximate surface area is 190 Å². The Hall–Kier alpha value is -2.70. The van der Waals surface area contributed by atoms with Crippen molar-refractivity contribution in [1.82, 2.24) is 9.62 Å². The van der Waals surface area contributed by atoms with Gasteiger partial charge in [-0.3, -0.25) is 4.79 Å². The van der Waals surface area contributed by atoms with Gasteiger partial charge in [0, 0.05) is 25.7 Å². The van der Waals surface area contributed by atoms with Crippen molar-refractivity contribution in [3.05, 3.63) is 77.9 Å². The number of nitrogens with one attached hydrogen (secondary N) is 1. The van der Waals surface area contributed by atoms with Crippen LogP contribution in [0.15, 0.2) is 71.6 Å². The van der Waals surface area contributed by atoms with Crippen LogP contribution in [0.25, 0.3) is 10.8 Å². The molecule has 6 heteroatoms. The maximum Gasteiger partial charge on any atom is 0.251 e. The normalized spacial score (nSPS) is 15.2. The van der Waals surface area contributed by atoms with Gasteiger partial charge in [-0.15, -0.1) is 0 Å². The predicted octanol–water partition coefficient (Wildman–Crippen LogP) is 4.97. The molecule has 1 amide bonds. The highest BCUT2D eigenvalue weighted by Crippen LogP contribution is 2.24. The summed E-state index contributed by atoms with van der Waals surface area (Å²) in [6, 6.07) is 20.1. The number of hydrogen-bond acceptors (Lipinski definition) is 3. The lowest BCUT2D eigenvalue weighted by Gasteiger charge is -2.22. The van der Waals surface area contributed by atoms with Gasteiger partial charge in [0.15, 0.2) is 0 Å². The largest absolute Gasteiger partial charge is 0.352 e. The molecule has 0 aliphatic heterocycles.